The Bertz CT molecular complexity index is 1530. The number of H-pyrrole nitrogens is 1. The Morgan fingerprint density at radius 2 is 1.79 bits per heavy atom. The Labute approximate surface area is 218 Å². The molecule has 7 nitrogen and oxygen atoms in total. The summed E-state index contributed by atoms with van der Waals surface area (Å²) in [5.41, 5.74) is 1.80. The minimum absolute atomic E-state index is 0.0506. The third kappa shape index (κ3) is 5.80. The monoisotopic (exact) mass is 525 g/mol. The fourth-order valence-corrected chi connectivity index (χ4v) is 4.36. The van der Waals surface area contributed by atoms with Gasteiger partial charge in [-0.15, -0.1) is 0 Å². The minimum atomic E-state index is -4.49. The molecule has 4 rings (SSSR count). The number of nitrogens with zero attached hydrogens (tertiary/aromatic N) is 2. The molecular formula is C28H30F3N5O2. The SMILES string of the molecule is CC(C)[C@@H](Nc1nc2cc[nH]c(=O)c2c2cc(-c3cccc(C(=O)NCCN(C)C)c3)ccc12)C(F)(F)F. The van der Waals surface area contributed by atoms with Gasteiger partial charge in [-0.1, -0.05) is 38.1 Å². The molecule has 2 aromatic heterocycles. The first-order valence-corrected chi connectivity index (χ1v) is 12.3. The number of carbonyl (C=O) groups is 1. The molecule has 1 amide bonds. The summed E-state index contributed by atoms with van der Waals surface area (Å²) in [6.45, 7) is 4.18. The highest BCUT2D eigenvalue weighted by Crippen LogP contribution is 2.35. The fraction of sp³-hybridized carbons (Fsp3) is 0.321. The predicted molar refractivity (Wildman–Crippen MR) is 144 cm³/mol. The topological polar surface area (TPSA) is 90.1 Å². The number of nitrogens with one attached hydrogen (secondary N) is 3. The smallest absolute Gasteiger partial charge is 0.358 e. The number of rotatable bonds is 8. The lowest BCUT2D eigenvalue weighted by atomic mass is 9.97. The molecule has 1 atom stereocenters. The average molecular weight is 526 g/mol. The standard InChI is InChI=1S/C28H30F3N5O2/c1-16(2)24(28(29,30)31)35-25-20-9-8-18(15-21(20)23-22(34-25)10-11-32-27(23)38)17-6-5-7-19(14-17)26(37)33-12-13-36(3)4/h5-11,14-16,24H,12-13H2,1-4H3,(H,32,38)(H,33,37)(H,34,35)/t24-/m1/s1. The van der Waals surface area contributed by atoms with Crippen LogP contribution < -0.4 is 16.2 Å². The maximum Gasteiger partial charge on any atom is 0.408 e. The molecule has 0 aliphatic carbocycles. The molecule has 0 radical (unpaired) electrons. The van der Waals surface area contributed by atoms with Crippen molar-refractivity contribution < 1.29 is 18.0 Å². The summed E-state index contributed by atoms with van der Waals surface area (Å²) in [4.78, 5) is 34.4. The summed E-state index contributed by atoms with van der Waals surface area (Å²) in [5.74, 6) is -0.902. The second kappa shape index (κ2) is 10.8. The van der Waals surface area contributed by atoms with Gasteiger partial charge in [0.25, 0.3) is 11.5 Å². The number of hydrogen-bond acceptors (Lipinski definition) is 5. The molecule has 0 aliphatic rings. The molecule has 0 spiro atoms. The number of halogens is 3. The van der Waals surface area contributed by atoms with Crippen molar-refractivity contribution in [2.75, 3.05) is 32.5 Å². The van der Waals surface area contributed by atoms with Gasteiger partial charge in [0.1, 0.15) is 11.9 Å². The van der Waals surface area contributed by atoms with Crippen molar-refractivity contribution in [1.82, 2.24) is 20.2 Å². The zero-order valence-electron chi connectivity index (χ0n) is 21.6. The van der Waals surface area contributed by atoms with E-state index in [4.69, 9.17) is 0 Å². The summed E-state index contributed by atoms with van der Waals surface area (Å²) in [7, 11) is 3.84. The molecule has 10 heteroatoms. The largest absolute Gasteiger partial charge is 0.408 e. The number of likely N-dealkylation sites (N-methyl/N-ethyl adjacent to an activating group) is 1. The van der Waals surface area contributed by atoms with Crippen molar-refractivity contribution in [3.8, 4) is 11.1 Å². The zero-order chi connectivity index (χ0) is 27.6. The molecule has 0 fully saturated rings. The Hall–Kier alpha value is -3.92. The number of carbonyl (C=O) groups excluding carboxylic acids is 1. The molecule has 0 bridgehead atoms. The lowest BCUT2D eigenvalue weighted by Gasteiger charge is -2.26. The lowest BCUT2D eigenvalue weighted by molar-refractivity contribution is -0.150. The molecule has 200 valence electrons. The number of aromatic nitrogens is 2. The molecule has 2 aromatic carbocycles. The van der Waals surface area contributed by atoms with E-state index in [1.807, 2.05) is 25.1 Å². The van der Waals surface area contributed by atoms with Crippen LogP contribution in [0.4, 0.5) is 19.0 Å². The van der Waals surface area contributed by atoms with Crippen LogP contribution in [0, 0.1) is 5.92 Å². The summed E-state index contributed by atoms with van der Waals surface area (Å²) in [5, 5.41) is 6.59. The van der Waals surface area contributed by atoms with Gasteiger partial charge in [-0.2, -0.15) is 13.2 Å². The Balaban J connectivity index is 1.81. The van der Waals surface area contributed by atoms with Crippen LogP contribution in [-0.4, -0.2) is 60.2 Å². The molecule has 0 saturated carbocycles. The van der Waals surface area contributed by atoms with E-state index in [9.17, 15) is 22.8 Å². The van der Waals surface area contributed by atoms with Gasteiger partial charge in [0.15, 0.2) is 0 Å². The van der Waals surface area contributed by atoms with E-state index in [0.717, 1.165) is 5.56 Å². The van der Waals surface area contributed by atoms with Crippen molar-refractivity contribution in [2.45, 2.75) is 26.1 Å². The number of fused-ring (bicyclic) bond motifs is 3. The van der Waals surface area contributed by atoms with Gasteiger partial charge >= 0.3 is 6.18 Å². The Morgan fingerprint density at radius 3 is 2.47 bits per heavy atom. The molecule has 0 aliphatic heterocycles. The van der Waals surface area contributed by atoms with Crippen molar-refractivity contribution in [2.24, 2.45) is 5.92 Å². The average Bonchev–Trinajstić information content (AvgIpc) is 2.85. The molecule has 2 heterocycles. The number of pyridine rings is 2. The highest BCUT2D eigenvalue weighted by molar-refractivity contribution is 6.11. The van der Waals surface area contributed by atoms with Crippen molar-refractivity contribution in [3.05, 3.63) is 70.6 Å². The van der Waals surface area contributed by atoms with E-state index in [2.05, 4.69) is 20.6 Å². The van der Waals surface area contributed by atoms with Crippen molar-refractivity contribution in [1.29, 1.82) is 0 Å². The van der Waals surface area contributed by atoms with Crippen LogP contribution in [0.3, 0.4) is 0 Å². The Kier molecular flexibility index (Phi) is 7.73. The molecule has 38 heavy (non-hydrogen) atoms. The van der Waals surface area contributed by atoms with Crippen LogP contribution in [0.15, 0.2) is 59.5 Å². The van der Waals surface area contributed by atoms with Crippen LogP contribution >= 0.6 is 0 Å². The summed E-state index contributed by atoms with van der Waals surface area (Å²) in [6.07, 6.45) is -3.07. The highest BCUT2D eigenvalue weighted by Gasteiger charge is 2.42. The minimum Gasteiger partial charge on any atom is -0.358 e. The first-order valence-electron chi connectivity index (χ1n) is 12.3. The third-order valence-corrected chi connectivity index (χ3v) is 6.33. The van der Waals surface area contributed by atoms with Crippen LogP contribution in [0.2, 0.25) is 0 Å². The lowest BCUT2D eigenvalue weighted by Crippen LogP contribution is -2.40. The number of aromatic amines is 1. The van der Waals surface area contributed by atoms with E-state index in [-0.39, 0.29) is 22.6 Å². The number of alkyl halides is 3. The van der Waals surface area contributed by atoms with E-state index in [0.29, 0.717) is 35.0 Å². The summed E-state index contributed by atoms with van der Waals surface area (Å²) >= 11 is 0. The quantitative estimate of drug-likeness (QED) is 0.281. The van der Waals surface area contributed by atoms with Crippen LogP contribution in [0.5, 0.6) is 0 Å². The number of amides is 1. The van der Waals surface area contributed by atoms with Crippen molar-refractivity contribution >= 4 is 33.4 Å². The zero-order valence-corrected chi connectivity index (χ0v) is 21.6. The molecular weight excluding hydrogens is 495 g/mol. The van der Waals surface area contributed by atoms with E-state index < -0.39 is 23.7 Å². The molecule has 0 unspecified atom stereocenters. The normalized spacial score (nSPS) is 12.9. The number of benzene rings is 2. The van der Waals surface area contributed by atoms with Gasteiger partial charge in [0, 0.05) is 35.6 Å². The predicted octanol–water partition coefficient (Wildman–Crippen LogP) is 5.03. The van der Waals surface area contributed by atoms with Gasteiger partial charge in [-0.25, -0.2) is 4.98 Å². The van der Waals surface area contributed by atoms with E-state index >= 15 is 0 Å². The van der Waals surface area contributed by atoms with Gasteiger partial charge < -0.3 is 20.5 Å². The maximum absolute atomic E-state index is 13.8. The number of anilines is 1. The Morgan fingerprint density at radius 1 is 1.05 bits per heavy atom. The fourth-order valence-electron chi connectivity index (χ4n) is 4.36. The van der Waals surface area contributed by atoms with E-state index in [1.165, 1.54) is 20.0 Å². The second-order valence-corrected chi connectivity index (χ2v) is 9.84. The molecule has 0 saturated heterocycles. The number of hydrogen-bond donors (Lipinski definition) is 3. The van der Waals surface area contributed by atoms with Gasteiger partial charge in [0.05, 0.1) is 10.9 Å². The van der Waals surface area contributed by atoms with Gasteiger partial charge in [-0.05, 0) is 55.4 Å². The van der Waals surface area contributed by atoms with Crippen LogP contribution in [0.1, 0.15) is 24.2 Å². The summed E-state index contributed by atoms with van der Waals surface area (Å²) < 4.78 is 41.3. The van der Waals surface area contributed by atoms with Gasteiger partial charge in [-0.3, -0.25) is 9.59 Å². The molecule has 3 N–H and O–H groups in total. The maximum atomic E-state index is 13.8. The van der Waals surface area contributed by atoms with Crippen LogP contribution in [-0.2, 0) is 0 Å². The first kappa shape index (κ1) is 27.1. The molecule has 4 aromatic rings. The van der Waals surface area contributed by atoms with Crippen molar-refractivity contribution in [3.63, 3.8) is 0 Å². The van der Waals surface area contributed by atoms with Crippen LogP contribution in [0.25, 0.3) is 32.8 Å². The summed E-state index contributed by atoms with van der Waals surface area (Å²) in [6, 6.07) is 12.0. The van der Waals surface area contributed by atoms with E-state index in [1.54, 1.807) is 42.5 Å². The third-order valence-electron chi connectivity index (χ3n) is 6.33. The van der Waals surface area contributed by atoms with Gasteiger partial charge in [0.2, 0.25) is 0 Å². The second-order valence-electron chi connectivity index (χ2n) is 9.84. The first-order chi connectivity index (χ1) is 18.0. The highest BCUT2D eigenvalue weighted by atomic mass is 19.4.